The summed E-state index contributed by atoms with van der Waals surface area (Å²) in [6.45, 7) is 8.00. The van der Waals surface area contributed by atoms with E-state index in [4.69, 9.17) is 4.74 Å². The Labute approximate surface area is 169 Å². The molecule has 2 nitrogen and oxygen atoms in total. The van der Waals surface area contributed by atoms with Crippen LogP contribution in [0.5, 0.6) is 5.75 Å². The van der Waals surface area contributed by atoms with E-state index in [1.807, 2.05) is 19.1 Å². The third-order valence-electron chi connectivity index (χ3n) is 6.19. The van der Waals surface area contributed by atoms with Gasteiger partial charge >= 0.3 is 0 Å². The van der Waals surface area contributed by atoms with E-state index in [1.54, 1.807) is 13.2 Å². The van der Waals surface area contributed by atoms with Gasteiger partial charge in [0, 0.05) is 17.0 Å². The van der Waals surface area contributed by atoms with Crippen LogP contribution < -0.4 is 4.74 Å². The summed E-state index contributed by atoms with van der Waals surface area (Å²) < 4.78 is 5.54. The molecule has 1 fully saturated rings. The van der Waals surface area contributed by atoms with Gasteiger partial charge in [0.15, 0.2) is 5.78 Å². The lowest BCUT2D eigenvalue weighted by Gasteiger charge is -2.30. The van der Waals surface area contributed by atoms with Gasteiger partial charge in [-0.2, -0.15) is 0 Å². The Morgan fingerprint density at radius 1 is 1.14 bits per heavy atom. The van der Waals surface area contributed by atoms with Crippen molar-refractivity contribution in [3.8, 4) is 5.75 Å². The Morgan fingerprint density at radius 3 is 2.43 bits per heavy atom. The predicted molar refractivity (Wildman–Crippen MR) is 117 cm³/mol. The Morgan fingerprint density at radius 2 is 1.82 bits per heavy atom. The lowest BCUT2D eigenvalue weighted by Crippen LogP contribution is -2.28. The summed E-state index contributed by atoms with van der Waals surface area (Å²) in [6, 6.07) is 12.5. The molecule has 0 spiro atoms. The second-order valence-corrected chi connectivity index (χ2v) is 8.17. The first-order valence-corrected chi connectivity index (χ1v) is 10.4. The molecule has 1 aliphatic carbocycles. The van der Waals surface area contributed by atoms with E-state index in [1.165, 1.54) is 30.4 Å². The molecule has 28 heavy (non-hydrogen) atoms. The highest BCUT2D eigenvalue weighted by Gasteiger charge is 2.31. The minimum absolute atomic E-state index is 0.0293. The summed E-state index contributed by atoms with van der Waals surface area (Å²) in [5.74, 6) is 1.48. The van der Waals surface area contributed by atoms with Crippen molar-refractivity contribution in [1.29, 1.82) is 0 Å². The molecule has 0 amide bonds. The largest absolute Gasteiger partial charge is 0.496 e. The molecule has 0 bridgehead atoms. The van der Waals surface area contributed by atoms with E-state index in [0.29, 0.717) is 5.92 Å². The minimum Gasteiger partial charge on any atom is -0.496 e. The smallest absolute Gasteiger partial charge is 0.166 e. The minimum atomic E-state index is 0.0293. The fraction of sp³-hybridized carbons (Fsp3) is 0.423. The number of benzene rings is 2. The molecule has 0 aromatic heterocycles. The van der Waals surface area contributed by atoms with E-state index >= 15 is 0 Å². The quantitative estimate of drug-likeness (QED) is 0.510. The van der Waals surface area contributed by atoms with Crippen LogP contribution >= 0.6 is 0 Å². The topological polar surface area (TPSA) is 26.3 Å². The Balaban J connectivity index is 1.94. The molecule has 1 aliphatic rings. The van der Waals surface area contributed by atoms with Crippen molar-refractivity contribution >= 4 is 11.9 Å². The molecule has 0 aliphatic heterocycles. The molecule has 1 saturated carbocycles. The summed E-state index contributed by atoms with van der Waals surface area (Å²) in [5, 5.41) is 0. The summed E-state index contributed by atoms with van der Waals surface area (Å²) in [7, 11) is 1.65. The molecule has 2 aromatic carbocycles. The maximum Gasteiger partial charge on any atom is 0.166 e. The number of methoxy groups -OCH3 is 1. The van der Waals surface area contributed by atoms with Gasteiger partial charge in [0.1, 0.15) is 5.75 Å². The van der Waals surface area contributed by atoms with Crippen LogP contribution in [0.25, 0.3) is 6.08 Å². The van der Waals surface area contributed by atoms with Crippen molar-refractivity contribution < 1.29 is 9.53 Å². The summed E-state index contributed by atoms with van der Waals surface area (Å²) in [5.41, 5.74) is 5.27. The SMILES string of the molecule is C=Cc1c(C)cc(C(=O)C(Cc2ccc(C)cc2)C2CCCCC2)cc1OC. The molecule has 2 aromatic rings. The Bertz CT molecular complexity index is 826. The molecule has 1 atom stereocenters. The summed E-state index contributed by atoms with van der Waals surface area (Å²) in [6.07, 6.45) is 8.69. The predicted octanol–water partition coefficient (Wildman–Crippen LogP) is 6.58. The highest BCUT2D eigenvalue weighted by atomic mass is 16.5. The van der Waals surface area contributed by atoms with E-state index in [-0.39, 0.29) is 11.7 Å². The molecule has 3 rings (SSSR count). The third kappa shape index (κ3) is 4.55. The summed E-state index contributed by atoms with van der Waals surface area (Å²) >= 11 is 0. The maximum absolute atomic E-state index is 13.7. The lowest BCUT2D eigenvalue weighted by atomic mass is 9.74. The monoisotopic (exact) mass is 376 g/mol. The maximum atomic E-state index is 13.7. The first kappa shape index (κ1) is 20.4. The number of ether oxygens (including phenoxy) is 1. The van der Waals surface area contributed by atoms with Crippen molar-refractivity contribution in [3.05, 3.63) is 70.8 Å². The number of hydrogen-bond donors (Lipinski definition) is 0. The van der Waals surface area contributed by atoms with E-state index in [0.717, 1.165) is 41.7 Å². The molecule has 2 heteroatoms. The van der Waals surface area contributed by atoms with Gasteiger partial charge in [-0.25, -0.2) is 0 Å². The second-order valence-electron chi connectivity index (χ2n) is 8.17. The van der Waals surface area contributed by atoms with Crippen LogP contribution in [0.4, 0.5) is 0 Å². The highest BCUT2D eigenvalue weighted by Crippen LogP contribution is 2.35. The first-order chi connectivity index (χ1) is 13.5. The van der Waals surface area contributed by atoms with E-state index in [9.17, 15) is 4.79 Å². The number of carbonyl (C=O) groups excluding carboxylic acids is 1. The molecular weight excluding hydrogens is 344 g/mol. The fourth-order valence-corrected chi connectivity index (χ4v) is 4.54. The van der Waals surface area contributed by atoms with Crippen molar-refractivity contribution in [3.63, 3.8) is 0 Å². The Kier molecular flexibility index (Phi) is 6.72. The zero-order valence-electron chi connectivity index (χ0n) is 17.5. The molecule has 148 valence electrons. The Hall–Kier alpha value is -2.35. The van der Waals surface area contributed by atoms with Gasteiger partial charge in [0.25, 0.3) is 0 Å². The zero-order valence-corrected chi connectivity index (χ0v) is 17.5. The van der Waals surface area contributed by atoms with Gasteiger partial charge in [-0.1, -0.05) is 61.7 Å². The van der Waals surface area contributed by atoms with Crippen LogP contribution in [-0.4, -0.2) is 12.9 Å². The molecule has 0 saturated heterocycles. The summed E-state index contributed by atoms with van der Waals surface area (Å²) in [4.78, 5) is 13.7. The number of hydrogen-bond acceptors (Lipinski definition) is 2. The van der Waals surface area contributed by atoms with Gasteiger partial charge in [-0.15, -0.1) is 0 Å². The fourth-order valence-electron chi connectivity index (χ4n) is 4.54. The van der Waals surface area contributed by atoms with Crippen molar-refractivity contribution in [1.82, 2.24) is 0 Å². The van der Waals surface area contributed by atoms with Crippen LogP contribution in [0.15, 0.2) is 43.0 Å². The molecule has 1 unspecified atom stereocenters. The van der Waals surface area contributed by atoms with Gasteiger partial charge in [0.05, 0.1) is 7.11 Å². The van der Waals surface area contributed by atoms with Crippen LogP contribution in [0.1, 0.15) is 64.7 Å². The molecule has 0 N–H and O–H groups in total. The van der Waals surface area contributed by atoms with Crippen LogP contribution in [0.3, 0.4) is 0 Å². The third-order valence-corrected chi connectivity index (χ3v) is 6.19. The second kappa shape index (κ2) is 9.23. The van der Waals surface area contributed by atoms with E-state index < -0.39 is 0 Å². The van der Waals surface area contributed by atoms with Gasteiger partial charge in [-0.3, -0.25) is 4.79 Å². The van der Waals surface area contributed by atoms with E-state index in [2.05, 4.69) is 37.8 Å². The molecule has 0 radical (unpaired) electrons. The number of Topliss-reactive ketones (excluding diaryl/α,β-unsaturated/α-hetero) is 1. The van der Waals surface area contributed by atoms with Crippen LogP contribution in [-0.2, 0) is 6.42 Å². The number of aryl methyl sites for hydroxylation is 2. The standard InChI is InChI=1S/C26H32O2/c1-5-23-19(3)15-22(17-25(23)28-4)26(27)24(21-9-7-6-8-10-21)16-20-13-11-18(2)12-14-20/h5,11-15,17,21,24H,1,6-10,16H2,2-4H3. The number of carbonyl (C=O) groups is 1. The van der Waals surface area contributed by atoms with Gasteiger partial charge in [-0.05, 0) is 62.3 Å². The zero-order chi connectivity index (χ0) is 20.1. The normalized spacial score (nSPS) is 15.8. The van der Waals surface area contributed by atoms with Crippen molar-refractivity contribution in [2.24, 2.45) is 11.8 Å². The first-order valence-electron chi connectivity index (χ1n) is 10.4. The highest BCUT2D eigenvalue weighted by molar-refractivity contribution is 5.99. The van der Waals surface area contributed by atoms with Crippen molar-refractivity contribution in [2.75, 3.05) is 7.11 Å². The van der Waals surface area contributed by atoms with Gasteiger partial charge < -0.3 is 4.74 Å². The average molecular weight is 377 g/mol. The molecular formula is C26H32O2. The number of rotatable bonds is 7. The van der Waals surface area contributed by atoms with Crippen LogP contribution in [0.2, 0.25) is 0 Å². The average Bonchev–Trinajstić information content (AvgIpc) is 2.72. The lowest BCUT2D eigenvalue weighted by molar-refractivity contribution is 0.0844. The molecule has 0 heterocycles. The van der Waals surface area contributed by atoms with Crippen LogP contribution in [0, 0.1) is 25.7 Å². The van der Waals surface area contributed by atoms with Gasteiger partial charge in [0.2, 0.25) is 0 Å². The number of ketones is 1. The van der Waals surface area contributed by atoms with Crippen molar-refractivity contribution in [2.45, 2.75) is 52.4 Å².